The molecule has 0 amide bonds. The van der Waals surface area contributed by atoms with Crippen molar-refractivity contribution in [1.82, 2.24) is 0 Å². The smallest absolute Gasteiger partial charge is 0.0856 e. The molecule has 0 aliphatic carbocycles. The zero-order chi connectivity index (χ0) is 19.3. The molecule has 140 valence electrons. The number of hydrogen-bond donors (Lipinski definition) is 0. The first-order valence-corrected chi connectivity index (χ1v) is 10.9. The van der Waals surface area contributed by atoms with Crippen molar-refractivity contribution in [3.63, 3.8) is 0 Å². The van der Waals surface area contributed by atoms with E-state index in [1.807, 2.05) is 0 Å². The Balaban J connectivity index is 4.77. The van der Waals surface area contributed by atoms with Gasteiger partial charge in [0.15, 0.2) is 0 Å². The average Bonchev–Trinajstić information content (AvgIpc) is 2.55. The van der Waals surface area contributed by atoms with Gasteiger partial charge in [0, 0.05) is 0 Å². The van der Waals surface area contributed by atoms with E-state index in [1.54, 1.807) is 0 Å². The Hall–Kier alpha value is -0.840. The van der Waals surface area contributed by atoms with Crippen molar-refractivity contribution in [1.29, 1.82) is 0 Å². The van der Waals surface area contributed by atoms with Crippen LogP contribution < -0.4 is 0 Å². The maximum atomic E-state index is 11.8. The third-order valence-corrected chi connectivity index (χ3v) is 6.38. The molecule has 0 aromatic heterocycles. The molecule has 0 bridgehead atoms. The number of hydrogen-bond acceptors (Lipinski definition) is 2. The maximum Gasteiger partial charge on any atom is 0.382 e. The molecular weight excluding hydrogens is 346 g/mol. The molecule has 2 unspecified atom stereocenters. The SMILES string of the molecule is CC(C)=CCCC(C)=CCC(CC=C(C)CCC=C(C)C)([PH+]=O)[PH+]=O. The average molecular weight is 382 g/mol. The van der Waals surface area contributed by atoms with Crippen LogP contribution in [0.15, 0.2) is 46.6 Å². The summed E-state index contributed by atoms with van der Waals surface area (Å²) in [6, 6.07) is 0. The fourth-order valence-corrected chi connectivity index (χ4v) is 3.26. The predicted octanol–water partition coefficient (Wildman–Crippen LogP) is 7.90. The van der Waals surface area contributed by atoms with Gasteiger partial charge in [-0.15, -0.1) is 0 Å². The Morgan fingerprint density at radius 2 is 1.04 bits per heavy atom. The van der Waals surface area contributed by atoms with Gasteiger partial charge in [0.1, 0.15) is 0 Å². The highest BCUT2D eigenvalue weighted by Crippen LogP contribution is 2.43. The first-order chi connectivity index (χ1) is 11.7. The summed E-state index contributed by atoms with van der Waals surface area (Å²) in [6.07, 6.45) is 14.0. The fourth-order valence-electron chi connectivity index (χ4n) is 2.35. The van der Waals surface area contributed by atoms with Crippen LogP contribution >= 0.6 is 16.9 Å². The molecule has 0 aromatic carbocycles. The zero-order valence-electron chi connectivity index (χ0n) is 16.9. The molecule has 0 saturated carbocycles. The fraction of sp³-hybridized carbons (Fsp3) is 0.619. The molecule has 0 radical (unpaired) electrons. The van der Waals surface area contributed by atoms with Crippen molar-refractivity contribution in [3.05, 3.63) is 46.6 Å². The summed E-state index contributed by atoms with van der Waals surface area (Å²) in [5.74, 6) is 0. The maximum absolute atomic E-state index is 11.8. The minimum Gasteiger partial charge on any atom is -0.0856 e. The largest absolute Gasteiger partial charge is 0.382 e. The Morgan fingerprint density at radius 1 is 0.680 bits per heavy atom. The van der Waals surface area contributed by atoms with E-state index in [0.717, 1.165) is 25.7 Å². The Morgan fingerprint density at radius 3 is 1.32 bits per heavy atom. The molecule has 2 nitrogen and oxygen atoms in total. The second-order valence-corrected chi connectivity index (χ2v) is 10.3. The molecule has 0 N–H and O–H groups in total. The lowest BCUT2D eigenvalue weighted by Crippen LogP contribution is -2.11. The van der Waals surface area contributed by atoms with Gasteiger partial charge < -0.3 is 0 Å². The van der Waals surface area contributed by atoms with E-state index < -0.39 is 21.8 Å². The molecule has 0 saturated heterocycles. The second-order valence-electron chi connectivity index (χ2n) is 7.44. The first kappa shape index (κ1) is 24.2. The van der Waals surface area contributed by atoms with Crippen molar-refractivity contribution in [2.75, 3.05) is 0 Å². The van der Waals surface area contributed by atoms with Gasteiger partial charge in [0.25, 0.3) is 0 Å². The van der Waals surface area contributed by atoms with Gasteiger partial charge in [-0.3, -0.25) is 0 Å². The lowest BCUT2D eigenvalue weighted by Gasteiger charge is -2.06. The lowest BCUT2D eigenvalue weighted by molar-refractivity contribution is 0.565. The summed E-state index contributed by atoms with van der Waals surface area (Å²) in [5, 5.41) is 0. The molecule has 0 fully saturated rings. The predicted molar refractivity (Wildman–Crippen MR) is 115 cm³/mol. The van der Waals surface area contributed by atoms with Crippen molar-refractivity contribution < 1.29 is 9.13 Å². The van der Waals surface area contributed by atoms with Gasteiger partial charge in [-0.1, -0.05) is 55.7 Å². The summed E-state index contributed by atoms with van der Waals surface area (Å²) in [6.45, 7) is 12.6. The Labute approximate surface area is 158 Å². The lowest BCUT2D eigenvalue weighted by atomic mass is 10.1. The zero-order valence-corrected chi connectivity index (χ0v) is 18.9. The number of allylic oxidation sites excluding steroid dienone is 8. The van der Waals surface area contributed by atoms with E-state index in [0.29, 0.717) is 12.8 Å². The van der Waals surface area contributed by atoms with Crippen molar-refractivity contribution in [2.45, 2.75) is 85.0 Å². The molecule has 2 atom stereocenters. The van der Waals surface area contributed by atoms with Crippen LogP contribution in [0.2, 0.25) is 0 Å². The van der Waals surface area contributed by atoms with E-state index in [-0.39, 0.29) is 0 Å². The van der Waals surface area contributed by atoms with Crippen LogP contribution in [-0.4, -0.2) is 4.90 Å². The third kappa shape index (κ3) is 12.2. The molecule has 0 aliphatic rings. The van der Waals surface area contributed by atoms with Crippen LogP contribution in [0.5, 0.6) is 0 Å². The highest BCUT2D eigenvalue weighted by molar-refractivity contribution is 7.46. The van der Waals surface area contributed by atoms with Crippen LogP contribution in [0.1, 0.15) is 80.1 Å². The van der Waals surface area contributed by atoms with E-state index in [9.17, 15) is 9.13 Å². The van der Waals surface area contributed by atoms with Crippen molar-refractivity contribution in [3.8, 4) is 0 Å². The standard InChI is InChI=1S/C21H34O2P2/c1-17(2)9-7-11-19(5)13-15-21(24-22,25-23)16-14-20(6)12-8-10-18(3)4/h9-10,13-14H,7-8,11-12,15-16H2,1-6H3/p+2. The van der Waals surface area contributed by atoms with Gasteiger partial charge in [-0.05, 0) is 67.2 Å². The van der Waals surface area contributed by atoms with E-state index in [2.05, 4.69) is 65.8 Å². The molecule has 0 aromatic rings. The normalized spacial score (nSPS) is 15.1. The summed E-state index contributed by atoms with van der Waals surface area (Å²) in [5.41, 5.74) is 5.22. The van der Waals surface area contributed by atoms with E-state index in [4.69, 9.17) is 0 Å². The monoisotopic (exact) mass is 382 g/mol. The Kier molecular flexibility index (Phi) is 12.9. The van der Waals surface area contributed by atoms with Crippen molar-refractivity contribution >= 4 is 16.9 Å². The van der Waals surface area contributed by atoms with Crippen LogP contribution in [0.25, 0.3) is 0 Å². The minimum atomic E-state index is -0.616. The van der Waals surface area contributed by atoms with Gasteiger partial charge in [-0.2, -0.15) is 0 Å². The molecule has 0 rings (SSSR count). The Bertz CT molecular complexity index is 496. The topological polar surface area (TPSA) is 34.1 Å². The van der Waals surface area contributed by atoms with Gasteiger partial charge in [0.2, 0.25) is 0 Å². The molecule has 25 heavy (non-hydrogen) atoms. The van der Waals surface area contributed by atoms with Crippen molar-refractivity contribution in [2.24, 2.45) is 0 Å². The second kappa shape index (κ2) is 13.4. The molecule has 0 spiro atoms. The summed E-state index contributed by atoms with van der Waals surface area (Å²) in [4.78, 5) is -0.616. The third-order valence-electron chi connectivity index (χ3n) is 4.17. The number of rotatable bonds is 12. The summed E-state index contributed by atoms with van der Waals surface area (Å²) in [7, 11) is -1.10. The van der Waals surface area contributed by atoms with Crippen LogP contribution in [0.3, 0.4) is 0 Å². The van der Waals surface area contributed by atoms with Crippen LogP contribution in [0.4, 0.5) is 0 Å². The molecule has 0 heterocycles. The highest BCUT2D eigenvalue weighted by atomic mass is 31.1. The minimum absolute atomic E-state index is 0.548. The summed E-state index contributed by atoms with van der Waals surface area (Å²) < 4.78 is 23.5. The molecule has 0 aliphatic heterocycles. The van der Waals surface area contributed by atoms with Gasteiger partial charge in [0.05, 0.1) is 12.8 Å². The van der Waals surface area contributed by atoms with E-state index >= 15 is 0 Å². The molecular formula is C21H36O2P2+2. The quantitative estimate of drug-likeness (QED) is 0.254. The van der Waals surface area contributed by atoms with Gasteiger partial charge >= 0.3 is 21.8 Å². The summed E-state index contributed by atoms with van der Waals surface area (Å²) >= 11 is 0. The first-order valence-electron chi connectivity index (χ1n) is 9.11. The van der Waals surface area contributed by atoms with E-state index in [1.165, 1.54) is 22.3 Å². The van der Waals surface area contributed by atoms with Crippen LogP contribution in [0, 0.1) is 0 Å². The molecule has 4 heteroatoms. The highest BCUT2D eigenvalue weighted by Gasteiger charge is 2.46. The van der Waals surface area contributed by atoms with Gasteiger partial charge in [-0.25, -0.2) is 0 Å². The van der Waals surface area contributed by atoms with Crippen LogP contribution in [-0.2, 0) is 9.13 Å².